The van der Waals surface area contributed by atoms with Crippen molar-refractivity contribution in [3.05, 3.63) is 29.8 Å². The molecular weight excluding hydrogens is 228 g/mol. The van der Waals surface area contributed by atoms with E-state index in [1.807, 2.05) is 11.8 Å². The average Bonchev–Trinajstić information content (AvgIpc) is 3.09. The van der Waals surface area contributed by atoms with Crippen molar-refractivity contribution in [2.24, 2.45) is 0 Å². The molecule has 0 saturated carbocycles. The summed E-state index contributed by atoms with van der Waals surface area (Å²) in [5.74, 6) is 1.75. The highest BCUT2D eigenvalue weighted by Gasteiger charge is 2.37. The first-order valence-electron chi connectivity index (χ1n) is 6.62. The molecule has 2 heteroatoms. The number of epoxide rings is 1. The van der Waals surface area contributed by atoms with E-state index in [4.69, 9.17) is 4.74 Å². The van der Waals surface area contributed by atoms with Gasteiger partial charge in [0.25, 0.3) is 0 Å². The Kier molecular flexibility index (Phi) is 4.52. The van der Waals surface area contributed by atoms with Crippen molar-refractivity contribution in [2.45, 2.75) is 56.6 Å². The molecule has 1 saturated heterocycles. The van der Waals surface area contributed by atoms with Gasteiger partial charge in [-0.2, -0.15) is 0 Å². The maximum Gasteiger partial charge on any atom is 0.0847 e. The molecule has 17 heavy (non-hydrogen) atoms. The molecule has 0 aliphatic carbocycles. The molecule has 3 atom stereocenters. The molecule has 1 aromatic rings. The first kappa shape index (κ1) is 13.0. The van der Waals surface area contributed by atoms with E-state index in [1.165, 1.54) is 16.9 Å². The van der Waals surface area contributed by atoms with Crippen molar-refractivity contribution in [2.75, 3.05) is 5.75 Å². The maximum atomic E-state index is 5.62. The predicted octanol–water partition coefficient (Wildman–Crippen LogP) is 4.47. The quantitative estimate of drug-likeness (QED) is 0.545. The zero-order chi connectivity index (χ0) is 12.3. The maximum absolute atomic E-state index is 5.62. The topological polar surface area (TPSA) is 12.5 Å². The van der Waals surface area contributed by atoms with Gasteiger partial charge >= 0.3 is 0 Å². The first-order chi connectivity index (χ1) is 8.24. The standard InChI is InChI=1S/C15H22OS/c1-4-14-15(16-14)10-11(3)12-6-8-13(9-7-12)17-5-2/h6-9,11,14-15H,4-5,10H2,1-3H3. The lowest BCUT2D eigenvalue weighted by Crippen LogP contribution is -2.00. The summed E-state index contributed by atoms with van der Waals surface area (Å²) in [6.07, 6.45) is 3.37. The van der Waals surface area contributed by atoms with Gasteiger partial charge in [0, 0.05) is 4.90 Å². The van der Waals surface area contributed by atoms with Crippen molar-refractivity contribution in [3.8, 4) is 0 Å². The predicted molar refractivity (Wildman–Crippen MR) is 74.8 cm³/mol. The van der Waals surface area contributed by atoms with Gasteiger partial charge in [-0.3, -0.25) is 0 Å². The third-order valence-electron chi connectivity index (χ3n) is 3.44. The molecular formula is C15H22OS. The first-order valence-corrected chi connectivity index (χ1v) is 7.61. The minimum Gasteiger partial charge on any atom is -0.370 e. The average molecular weight is 250 g/mol. The van der Waals surface area contributed by atoms with Gasteiger partial charge in [0.1, 0.15) is 0 Å². The minimum atomic E-state index is 0.514. The number of thioether (sulfide) groups is 1. The van der Waals surface area contributed by atoms with Crippen LogP contribution < -0.4 is 0 Å². The largest absolute Gasteiger partial charge is 0.370 e. The Labute approximate surface area is 109 Å². The smallest absolute Gasteiger partial charge is 0.0847 e. The molecule has 1 nitrogen and oxygen atoms in total. The van der Waals surface area contributed by atoms with E-state index in [0.717, 1.165) is 12.2 Å². The molecule has 0 N–H and O–H groups in total. The summed E-state index contributed by atoms with van der Waals surface area (Å²) in [7, 11) is 0. The van der Waals surface area contributed by atoms with E-state index in [1.54, 1.807) is 0 Å². The van der Waals surface area contributed by atoms with Gasteiger partial charge in [0.05, 0.1) is 12.2 Å². The van der Waals surface area contributed by atoms with Gasteiger partial charge in [-0.25, -0.2) is 0 Å². The fourth-order valence-corrected chi connectivity index (χ4v) is 2.95. The summed E-state index contributed by atoms with van der Waals surface area (Å²) in [5, 5.41) is 0. The van der Waals surface area contributed by atoms with E-state index >= 15 is 0 Å². The summed E-state index contributed by atoms with van der Waals surface area (Å²) < 4.78 is 5.62. The van der Waals surface area contributed by atoms with Gasteiger partial charge in [-0.05, 0) is 42.2 Å². The Balaban J connectivity index is 1.88. The third-order valence-corrected chi connectivity index (χ3v) is 4.33. The highest BCUT2D eigenvalue weighted by molar-refractivity contribution is 7.99. The van der Waals surface area contributed by atoms with Crippen molar-refractivity contribution in [3.63, 3.8) is 0 Å². The van der Waals surface area contributed by atoms with Crippen LogP contribution >= 0.6 is 11.8 Å². The fourth-order valence-electron chi connectivity index (χ4n) is 2.29. The normalized spacial score (nSPS) is 24.6. The highest BCUT2D eigenvalue weighted by atomic mass is 32.2. The Bertz CT molecular complexity index is 346. The molecule has 0 aromatic heterocycles. The molecule has 0 spiro atoms. The Morgan fingerprint density at radius 2 is 1.88 bits per heavy atom. The minimum absolute atomic E-state index is 0.514. The van der Waals surface area contributed by atoms with Crippen LogP contribution in [0.5, 0.6) is 0 Å². The summed E-state index contributed by atoms with van der Waals surface area (Å²) in [6, 6.07) is 9.02. The molecule has 3 unspecified atom stereocenters. The summed E-state index contributed by atoms with van der Waals surface area (Å²) in [4.78, 5) is 1.37. The van der Waals surface area contributed by atoms with Crippen LogP contribution in [0, 0.1) is 0 Å². The van der Waals surface area contributed by atoms with E-state index in [0.29, 0.717) is 18.1 Å². The molecule has 2 rings (SSSR count). The zero-order valence-corrected chi connectivity index (χ0v) is 11.8. The van der Waals surface area contributed by atoms with Crippen LogP contribution in [0.15, 0.2) is 29.2 Å². The molecule has 1 aromatic carbocycles. The summed E-state index contributed by atoms with van der Waals surface area (Å²) >= 11 is 1.90. The van der Waals surface area contributed by atoms with Gasteiger partial charge in [0.2, 0.25) is 0 Å². The summed E-state index contributed by atoms with van der Waals surface area (Å²) in [5.41, 5.74) is 1.44. The second-order valence-electron chi connectivity index (χ2n) is 4.76. The second kappa shape index (κ2) is 5.92. The van der Waals surface area contributed by atoms with Crippen molar-refractivity contribution >= 4 is 11.8 Å². The lowest BCUT2D eigenvalue weighted by molar-refractivity contribution is 0.353. The van der Waals surface area contributed by atoms with E-state index in [2.05, 4.69) is 45.0 Å². The molecule has 0 amide bonds. The lowest BCUT2D eigenvalue weighted by atomic mass is 9.95. The van der Waals surface area contributed by atoms with Gasteiger partial charge in [-0.1, -0.05) is 32.9 Å². The number of benzene rings is 1. The van der Waals surface area contributed by atoms with Crippen molar-refractivity contribution in [1.29, 1.82) is 0 Å². The number of hydrogen-bond acceptors (Lipinski definition) is 2. The van der Waals surface area contributed by atoms with Gasteiger partial charge in [-0.15, -0.1) is 11.8 Å². The zero-order valence-electron chi connectivity index (χ0n) is 11.0. The fraction of sp³-hybridized carbons (Fsp3) is 0.600. The van der Waals surface area contributed by atoms with Crippen molar-refractivity contribution < 1.29 is 4.74 Å². The molecule has 1 aliphatic heterocycles. The monoisotopic (exact) mass is 250 g/mol. The van der Waals surface area contributed by atoms with Crippen LogP contribution in [0.3, 0.4) is 0 Å². The van der Waals surface area contributed by atoms with Crippen LogP contribution in [0.4, 0.5) is 0 Å². The lowest BCUT2D eigenvalue weighted by Gasteiger charge is -2.10. The van der Waals surface area contributed by atoms with Gasteiger partial charge < -0.3 is 4.74 Å². The Morgan fingerprint density at radius 3 is 2.41 bits per heavy atom. The van der Waals surface area contributed by atoms with Crippen LogP contribution in [-0.4, -0.2) is 18.0 Å². The second-order valence-corrected chi connectivity index (χ2v) is 6.10. The Morgan fingerprint density at radius 1 is 1.18 bits per heavy atom. The highest BCUT2D eigenvalue weighted by Crippen LogP contribution is 2.34. The number of hydrogen-bond donors (Lipinski definition) is 0. The molecule has 1 aliphatic rings. The molecule has 1 fully saturated rings. The molecule has 0 radical (unpaired) electrons. The number of rotatable bonds is 6. The molecule has 1 heterocycles. The van der Waals surface area contributed by atoms with Crippen LogP contribution in [0.1, 0.15) is 45.1 Å². The van der Waals surface area contributed by atoms with E-state index in [9.17, 15) is 0 Å². The van der Waals surface area contributed by atoms with Crippen molar-refractivity contribution in [1.82, 2.24) is 0 Å². The SMILES string of the molecule is CCSc1ccc(C(C)CC2OC2CC)cc1. The molecule has 0 bridgehead atoms. The summed E-state index contributed by atoms with van der Waals surface area (Å²) in [6.45, 7) is 6.69. The van der Waals surface area contributed by atoms with Crippen LogP contribution in [0.2, 0.25) is 0 Å². The van der Waals surface area contributed by atoms with Crippen LogP contribution in [0.25, 0.3) is 0 Å². The van der Waals surface area contributed by atoms with E-state index in [-0.39, 0.29) is 0 Å². The number of ether oxygens (including phenoxy) is 1. The van der Waals surface area contributed by atoms with Gasteiger partial charge in [0.15, 0.2) is 0 Å². The third kappa shape index (κ3) is 3.49. The van der Waals surface area contributed by atoms with Crippen LogP contribution in [-0.2, 0) is 4.74 Å². The Hall–Kier alpha value is -0.470. The van der Waals surface area contributed by atoms with E-state index < -0.39 is 0 Å². The molecule has 94 valence electrons.